The fraction of sp³-hybridized carbons (Fsp3) is 0.0909. The number of hydrogen-bond acceptors (Lipinski definition) is 4. The van der Waals surface area contributed by atoms with Crippen molar-refractivity contribution < 1.29 is 5.11 Å². The van der Waals surface area contributed by atoms with Crippen LogP contribution in [-0.2, 0) is 0 Å². The highest BCUT2D eigenvalue weighted by Crippen LogP contribution is 2.36. The van der Waals surface area contributed by atoms with E-state index in [1.807, 2.05) is 73.7 Å². The maximum Gasteiger partial charge on any atom is 0.147 e. The summed E-state index contributed by atoms with van der Waals surface area (Å²) in [6.07, 6.45) is 1.75. The summed E-state index contributed by atoms with van der Waals surface area (Å²) in [5.41, 5.74) is 3.27. The highest BCUT2D eigenvalue weighted by molar-refractivity contribution is 9.10. The quantitative estimate of drug-likeness (QED) is 0.451. The second-order valence-corrected chi connectivity index (χ2v) is 7.29. The van der Waals surface area contributed by atoms with Gasteiger partial charge in [-0.05, 0) is 46.6 Å². The van der Waals surface area contributed by atoms with Gasteiger partial charge in [-0.25, -0.2) is 9.97 Å². The molecular formula is C22H18BrN3O. The minimum absolute atomic E-state index is 0.190. The maximum atomic E-state index is 11.0. The summed E-state index contributed by atoms with van der Waals surface area (Å²) in [4.78, 5) is 8.95. The van der Waals surface area contributed by atoms with Crippen LogP contribution in [0, 0.1) is 6.92 Å². The minimum atomic E-state index is -0.258. The Bertz CT molecular complexity index is 1080. The van der Waals surface area contributed by atoms with E-state index in [1.54, 1.807) is 6.20 Å². The van der Waals surface area contributed by atoms with Crippen LogP contribution in [-0.4, -0.2) is 15.1 Å². The molecule has 4 aromatic rings. The van der Waals surface area contributed by atoms with Crippen molar-refractivity contribution in [2.45, 2.75) is 13.0 Å². The van der Waals surface area contributed by atoms with Crippen LogP contribution in [0.15, 0.2) is 77.4 Å². The van der Waals surface area contributed by atoms with E-state index in [4.69, 9.17) is 0 Å². The molecule has 134 valence electrons. The van der Waals surface area contributed by atoms with E-state index in [-0.39, 0.29) is 11.8 Å². The summed E-state index contributed by atoms with van der Waals surface area (Å²) in [5, 5.41) is 15.3. The largest absolute Gasteiger partial charge is 0.505 e. The topological polar surface area (TPSA) is 58.0 Å². The molecule has 0 aliphatic carbocycles. The Morgan fingerprint density at radius 2 is 1.74 bits per heavy atom. The van der Waals surface area contributed by atoms with Gasteiger partial charge in [0.1, 0.15) is 17.1 Å². The van der Waals surface area contributed by atoms with E-state index in [2.05, 4.69) is 31.2 Å². The Labute approximate surface area is 166 Å². The lowest BCUT2D eigenvalue weighted by Crippen LogP contribution is -2.13. The molecule has 0 radical (unpaired) electrons. The van der Waals surface area contributed by atoms with E-state index in [0.29, 0.717) is 5.52 Å². The molecule has 0 saturated carbocycles. The summed E-state index contributed by atoms with van der Waals surface area (Å²) in [6, 6.07) is 21.4. The molecule has 0 bridgehead atoms. The van der Waals surface area contributed by atoms with E-state index in [9.17, 15) is 5.11 Å². The van der Waals surface area contributed by atoms with Gasteiger partial charge in [0.25, 0.3) is 0 Å². The summed E-state index contributed by atoms with van der Waals surface area (Å²) >= 11 is 3.41. The number of pyridine rings is 2. The number of nitrogens with one attached hydrogen (secondary N) is 1. The number of rotatable bonds is 4. The molecule has 4 rings (SSSR count). The maximum absolute atomic E-state index is 11.0. The Hall–Kier alpha value is -2.92. The van der Waals surface area contributed by atoms with Crippen molar-refractivity contribution in [3.63, 3.8) is 0 Å². The number of phenols is 1. The monoisotopic (exact) mass is 419 g/mol. The fourth-order valence-electron chi connectivity index (χ4n) is 3.12. The molecule has 0 saturated heterocycles. The summed E-state index contributed by atoms with van der Waals surface area (Å²) in [6.45, 7) is 1.92. The van der Waals surface area contributed by atoms with Crippen molar-refractivity contribution in [3.8, 4) is 5.75 Å². The lowest BCUT2D eigenvalue weighted by atomic mass is 9.96. The van der Waals surface area contributed by atoms with Crippen LogP contribution in [0.5, 0.6) is 5.75 Å². The SMILES string of the molecule is Cc1ccc2ccc(C(Nc3ccc(Br)cn3)c3ccccc3)c(O)c2n1. The zero-order valence-electron chi connectivity index (χ0n) is 14.7. The fourth-order valence-corrected chi connectivity index (χ4v) is 3.35. The third kappa shape index (κ3) is 3.64. The molecule has 1 unspecified atom stereocenters. The molecule has 0 fully saturated rings. The number of aryl methyl sites for hydroxylation is 1. The third-order valence-corrected chi connectivity index (χ3v) is 4.94. The van der Waals surface area contributed by atoms with Crippen LogP contribution >= 0.6 is 15.9 Å². The molecule has 0 spiro atoms. The highest BCUT2D eigenvalue weighted by Gasteiger charge is 2.20. The van der Waals surface area contributed by atoms with Gasteiger partial charge in [0, 0.05) is 27.3 Å². The van der Waals surface area contributed by atoms with Crippen molar-refractivity contribution in [2.75, 3.05) is 5.32 Å². The summed E-state index contributed by atoms with van der Waals surface area (Å²) < 4.78 is 0.914. The Morgan fingerprint density at radius 3 is 2.48 bits per heavy atom. The van der Waals surface area contributed by atoms with Crippen LogP contribution in [0.4, 0.5) is 5.82 Å². The van der Waals surface area contributed by atoms with Crippen LogP contribution in [0.25, 0.3) is 10.9 Å². The van der Waals surface area contributed by atoms with Crippen LogP contribution in [0.3, 0.4) is 0 Å². The number of aromatic nitrogens is 2. The molecule has 27 heavy (non-hydrogen) atoms. The molecular weight excluding hydrogens is 402 g/mol. The lowest BCUT2D eigenvalue weighted by molar-refractivity contribution is 0.471. The molecule has 0 aliphatic heterocycles. The molecule has 5 heteroatoms. The van der Waals surface area contributed by atoms with Gasteiger partial charge < -0.3 is 10.4 Å². The predicted octanol–water partition coefficient (Wildman–Crippen LogP) is 5.61. The summed E-state index contributed by atoms with van der Waals surface area (Å²) in [7, 11) is 0. The van der Waals surface area contributed by atoms with Gasteiger partial charge in [-0.2, -0.15) is 0 Å². The standard InChI is InChI=1S/C22H18BrN3O/c1-14-7-8-16-9-11-18(22(27)21(16)25-14)20(15-5-3-2-4-6-15)26-19-12-10-17(23)13-24-19/h2-13,20,27H,1H3,(H,24,26). The molecule has 2 aromatic carbocycles. The van der Waals surface area contributed by atoms with Crippen LogP contribution < -0.4 is 5.32 Å². The van der Waals surface area contributed by atoms with Gasteiger partial charge in [-0.15, -0.1) is 0 Å². The molecule has 4 nitrogen and oxygen atoms in total. The minimum Gasteiger partial charge on any atom is -0.505 e. The van der Waals surface area contributed by atoms with E-state index >= 15 is 0 Å². The predicted molar refractivity (Wildman–Crippen MR) is 112 cm³/mol. The zero-order valence-corrected chi connectivity index (χ0v) is 16.3. The number of benzene rings is 2. The number of anilines is 1. The zero-order chi connectivity index (χ0) is 18.8. The first-order chi connectivity index (χ1) is 13.1. The van der Waals surface area contributed by atoms with E-state index in [0.717, 1.165) is 32.5 Å². The van der Waals surface area contributed by atoms with Crippen molar-refractivity contribution in [3.05, 3.63) is 94.2 Å². The number of fused-ring (bicyclic) bond motifs is 1. The van der Waals surface area contributed by atoms with Crippen molar-refractivity contribution in [1.82, 2.24) is 9.97 Å². The first-order valence-electron chi connectivity index (χ1n) is 8.64. The number of nitrogens with zero attached hydrogens (tertiary/aromatic N) is 2. The van der Waals surface area contributed by atoms with Crippen molar-refractivity contribution >= 4 is 32.7 Å². The number of aromatic hydroxyl groups is 1. The average Bonchev–Trinajstić information content (AvgIpc) is 2.69. The van der Waals surface area contributed by atoms with E-state index < -0.39 is 0 Å². The van der Waals surface area contributed by atoms with Gasteiger partial charge in [-0.1, -0.05) is 48.5 Å². The Kier molecular flexibility index (Phi) is 4.77. The molecule has 2 aromatic heterocycles. The summed E-state index contributed by atoms with van der Waals surface area (Å²) in [5.74, 6) is 0.915. The molecule has 0 aliphatic rings. The number of halogens is 1. The molecule has 0 amide bonds. The number of hydrogen-bond donors (Lipinski definition) is 2. The molecule has 2 heterocycles. The first-order valence-corrected chi connectivity index (χ1v) is 9.43. The van der Waals surface area contributed by atoms with Crippen LogP contribution in [0.1, 0.15) is 22.9 Å². The number of phenolic OH excluding ortho intramolecular Hbond substituents is 1. The van der Waals surface area contributed by atoms with Gasteiger partial charge >= 0.3 is 0 Å². The Morgan fingerprint density at radius 1 is 0.963 bits per heavy atom. The second kappa shape index (κ2) is 7.37. The van der Waals surface area contributed by atoms with Crippen molar-refractivity contribution in [1.29, 1.82) is 0 Å². The van der Waals surface area contributed by atoms with Crippen molar-refractivity contribution in [2.24, 2.45) is 0 Å². The third-order valence-electron chi connectivity index (χ3n) is 4.47. The smallest absolute Gasteiger partial charge is 0.147 e. The normalized spacial score (nSPS) is 12.1. The lowest BCUT2D eigenvalue weighted by Gasteiger charge is -2.22. The Balaban J connectivity index is 1.84. The average molecular weight is 420 g/mol. The molecule has 1 atom stereocenters. The van der Waals surface area contributed by atoms with E-state index in [1.165, 1.54) is 0 Å². The molecule has 2 N–H and O–H groups in total. The van der Waals surface area contributed by atoms with Gasteiger partial charge in [0.15, 0.2) is 0 Å². The first kappa shape index (κ1) is 17.5. The second-order valence-electron chi connectivity index (χ2n) is 6.38. The van der Waals surface area contributed by atoms with Gasteiger partial charge in [0.05, 0.1) is 6.04 Å². The highest BCUT2D eigenvalue weighted by atomic mass is 79.9. The van der Waals surface area contributed by atoms with Gasteiger partial charge in [-0.3, -0.25) is 0 Å². The van der Waals surface area contributed by atoms with Crippen LogP contribution in [0.2, 0.25) is 0 Å². The van der Waals surface area contributed by atoms with Gasteiger partial charge in [0.2, 0.25) is 0 Å².